The number of ether oxygens (including phenoxy) is 6. The number of hydrogen-bond acceptors (Lipinski definition) is 28. The van der Waals surface area contributed by atoms with Crippen LogP contribution < -0.4 is 47.1 Å². The fourth-order valence-electron chi connectivity index (χ4n) is 13.0. The fraction of sp³-hybridized carbons (Fsp3) is 0.377. The first kappa shape index (κ1) is 86.0. The molecule has 0 spiro atoms. The Morgan fingerprint density at radius 1 is 0.860 bits per heavy atom. The first-order valence-corrected chi connectivity index (χ1v) is 44.5. The van der Waals surface area contributed by atoms with Crippen molar-refractivity contribution in [1.82, 2.24) is 30.5 Å². The predicted molar refractivity (Wildman–Crippen MR) is 412 cm³/mol. The molecule has 12 N–H and O–H groups in total. The van der Waals surface area contributed by atoms with E-state index in [4.69, 9.17) is 48.5 Å². The molecular formula is C69H77N12O26P3S4. The van der Waals surface area contributed by atoms with Gasteiger partial charge in [0.25, 0.3) is 32.1 Å². The summed E-state index contributed by atoms with van der Waals surface area (Å²) in [7, 11) is -24.6. The number of nitrogens with one attached hydrogen (secondary N) is 4. The van der Waals surface area contributed by atoms with Gasteiger partial charge in [0.15, 0.2) is 27.5 Å². The van der Waals surface area contributed by atoms with Gasteiger partial charge >= 0.3 is 29.4 Å². The van der Waals surface area contributed by atoms with Crippen molar-refractivity contribution in [1.29, 1.82) is 0 Å². The lowest BCUT2D eigenvalue weighted by Crippen LogP contribution is -2.34. The molecule has 0 bridgehead atoms. The van der Waals surface area contributed by atoms with E-state index < -0.39 is 143 Å². The van der Waals surface area contributed by atoms with Crippen LogP contribution in [-0.2, 0) is 81.6 Å². The van der Waals surface area contributed by atoms with Crippen LogP contribution >= 0.6 is 45.1 Å². The monoisotopic (exact) mass is 1710 g/mol. The molecule has 11 rings (SSSR count). The molecule has 6 heterocycles. The smallest absolute Gasteiger partial charge is 0.490 e. The molecule has 0 aliphatic carbocycles. The van der Waals surface area contributed by atoms with Crippen LogP contribution in [0.25, 0.3) is 27.0 Å². The summed E-state index contributed by atoms with van der Waals surface area (Å²) in [6.07, 6.45) is -0.763. The second-order valence-electron chi connectivity index (χ2n) is 27.2. The van der Waals surface area contributed by atoms with Gasteiger partial charge in [-0.1, -0.05) is 103 Å². The van der Waals surface area contributed by atoms with Crippen molar-refractivity contribution < 1.29 is 120 Å². The number of fused-ring (bicyclic) bond motifs is 5. The van der Waals surface area contributed by atoms with E-state index in [9.17, 15) is 74.1 Å². The summed E-state index contributed by atoms with van der Waals surface area (Å²) in [6.45, 7) is 10.6. The van der Waals surface area contributed by atoms with E-state index in [1.807, 2.05) is 47.8 Å². The topological polar surface area (TPSA) is 558 Å². The van der Waals surface area contributed by atoms with Crippen LogP contribution in [0.3, 0.4) is 0 Å². The molecule has 1 saturated heterocycles. The standard InChI is InChI=1S/C69H77N12O26P3S4/c1-36(112-111-8)44-16-9-10-17-45(44)67(85)104-50-30-54(103-51(50)32-102-109(89,90)107-110(91,92)106-108(86,87)88)81-31-42(56-63(70)75-35-76-64(56)81)14-12-22-72-52(82)33-99-25-26-100-53(79-80-71)34-101-43-15-11-13-41(27-43)66(84)74-24-23-73-65(83)40-20-18-39(19-21-40)55-46-28-48-57(77-37(2)68(48,4)5)61(113(93,94)95)59(46)105-60-47(55)29-49-58(62(60)114(96,97)98)78-38(3)69(49,6)7/h9-11,13,15-21,27-29,31,35-38,50-51,53-54,77H,22-26,30,32-34H2,1-8H3,(H,72,82)(H,73,83)(H,74,84)(H,89,90)(H,91,92)(H2,70,75,76)(H2,86,87,88)(H,93,94,95)(H,96,97,98)/t36?,37?,38?,50?,51-,53?,54-/m1/s1. The zero-order valence-corrected chi connectivity index (χ0v) is 67.6. The van der Waals surface area contributed by atoms with Crippen molar-refractivity contribution in [2.24, 2.45) is 10.1 Å². The SMILES string of the molecule is CSSC(C)c1ccccc1C(=O)OC1C[C@H](n2cc(C#CCNC(=O)COCCOC(COc3cccc(C(=O)NCCNC(=O)c4ccc(C5=c6cc7c(c(S(=O)(=O)O)c6Oc6c5cc5c(c6S(=O)(=O)O)NC(C)C5(C)C)=NC(C)C7(C)C)cc4)c3)N=[N+]=[N-])c3c(N)ncnc32)O[C@@H]1COP(=O)(O)OP(=O)(O)OP(=O)(O)O. The van der Waals surface area contributed by atoms with Crippen molar-refractivity contribution in [3.05, 3.63) is 169 Å². The van der Waals surface area contributed by atoms with Crippen LogP contribution in [-0.4, -0.2) is 173 Å². The number of carbonyl (C=O) groups excluding carboxylic acids is 4. The van der Waals surface area contributed by atoms with Gasteiger partial charge in [-0.3, -0.25) is 33.0 Å². The molecule has 9 atom stereocenters. The predicted octanol–water partition coefficient (Wildman–Crippen LogP) is 7.56. The third-order valence-corrected chi connectivity index (χ3v) is 26.9. The highest BCUT2D eigenvalue weighted by molar-refractivity contribution is 8.76. The number of benzene rings is 5. The molecule has 1 fully saturated rings. The van der Waals surface area contributed by atoms with Crippen molar-refractivity contribution in [3.63, 3.8) is 0 Å². The van der Waals surface area contributed by atoms with Gasteiger partial charge in [-0.25, -0.2) is 28.5 Å². The molecule has 4 aliphatic rings. The summed E-state index contributed by atoms with van der Waals surface area (Å²) < 4.78 is 161. The Morgan fingerprint density at radius 2 is 1.56 bits per heavy atom. The molecular weight excluding hydrogens is 1630 g/mol. The molecule has 5 aromatic carbocycles. The Balaban J connectivity index is 0.662. The number of aromatic nitrogens is 3. The largest absolute Gasteiger partial charge is 0.491 e. The lowest BCUT2D eigenvalue weighted by molar-refractivity contribution is -0.126. The molecule has 4 aliphatic heterocycles. The van der Waals surface area contributed by atoms with Gasteiger partial charge < -0.3 is 79.6 Å². The molecule has 7 aromatic rings. The second-order valence-corrected chi connectivity index (χ2v) is 37.2. The second kappa shape index (κ2) is 34.5. The average Bonchev–Trinajstić information content (AvgIpc) is 1.16. The van der Waals surface area contributed by atoms with E-state index >= 15 is 0 Å². The first-order valence-electron chi connectivity index (χ1n) is 34.4. The number of nitrogens with zero attached hydrogens (tertiary/aromatic N) is 7. The molecule has 0 radical (unpaired) electrons. The van der Waals surface area contributed by atoms with Gasteiger partial charge in [-0.15, -0.1) is 0 Å². The third-order valence-electron chi connectivity index (χ3n) is 19.1. The molecule has 0 saturated carbocycles. The number of azide groups is 1. The Labute approximate surface area is 659 Å². The van der Waals surface area contributed by atoms with Crippen molar-refractivity contribution in [2.75, 3.05) is 70.0 Å². The lowest BCUT2D eigenvalue weighted by Gasteiger charge is -2.29. The molecule has 608 valence electrons. The number of phosphoric acid groups is 3. The Kier molecular flexibility index (Phi) is 26.1. The van der Waals surface area contributed by atoms with E-state index in [1.54, 1.807) is 67.6 Å². The number of nitrogen functional groups attached to an aromatic ring is 1. The Morgan fingerprint density at radius 3 is 2.25 bits per heavy atom. The van der Waals surface area contributed by atoms with Crippen LogP contribution in [0.5, 0.6) is 17.2 Å². The third kappa shape index (κ3) is 19.5. The number of carbonyl (C=O) groups is 4. The quantitative estimate of drug-likeness (QED) is 0.00223. The van der Waals surface area contributed by atoms with Gasteiger partial charge in [0.05, 0.1) is 60.0 Å². The van der Waals surface area contributed by atoms with E-state index in [0.29, 0.717) is 22.3 Å². The molecule has 3 amide bonds. The van der Waals surface area contributed by atoms with Crippen LogP contribution in [0.1, 0.15) is 131 Å². The molecule has 38 nitrogen and oxygen atoms in total. The van der Waals surface area contributed by atoms with Gasteiger partial charge in [-0.05, 0) is 103 Å². The number of nitrogens with two attached hydrogens (primary N) is 1. The number of hydrogen-bond donors (Lipinski definition) is 11. The van der Waals surface area contributed by atoms with Gasteiger partial charge in [-0.2, -0.15) is 25.5 Å². The zero-order valence-electron chi connectivity index (χ0n) is 61.7. The highest BCUT2D eigenvalue weighted by Gasteiger charge is 2.48. The minimum atomic E-state index is -5.91. The van der Waals surface area contributed by atoms with Gasteiger partial charge in [0.1, 0.15) is 55.2 Å². The fourth-order valence-corrected chi connectivity index (χ4v) is 19.4. The summed E-state index contributed by atoms with van der Waals surface area (Å²) in [6, 6.07) is 21.4. The highest BCUT2D eigenvalue weighted by Crippen LogP contribution is 2.66. The van der Waals surface area contributed by atoms with E-state index in [-0.39, 0.29) is 129 Å². The highest BCUT2D eigenvalue weighted by atomic mass is 33.1. The van der Waals surface area contributed by atoms with Crippen molar-refractivity contribution >= 4 is 117 Å². The maximum atomic E-state index is 13.9. The lowest BCUT2D eigenvalue weighted by atomic mass is 9.78. The normalized spacial score (nSPS) is 19.4. The Bertz CT molecular complexity index is 5640. The molecule has 7 unspecified atom stereocenters. The van der Waals surface area contributed by atoms with E-state index in [1.165, 1.54) is 56.6 Å². The van der Waals surface area contributed by atoms with Crippen LogP contribution in [0.4, 0.5) is 11.5 Å². The number of amides is 3. The summed E-state index contributed by atoms with van der Waals surface area (Å²) in [5.74, 6) is 2.56. The van der Waals surface area contributed by atoms with Gasteiger partial charge in [0.2, 0.25) is 5.91 Å². The molecule has 2 aromatic heterocycles. The summed E-state index contributed by atoms with van der Waals surface area (Å²) in [5, 5.41) is 15.0. The average molecular weight is 1710 g/mol. The zero-order chi connectivity index (χ0) is 82.8. The summed E-state index contributed by atoms with van der Waals surface area (Å²) in [5.41, 5.74) is 17.5. The van der Waals surface area contributed by atoms with Crippen molar-refractivity contribution in [3.8, 4) is 29.1 Å². The Hall–Kier alpha value is -8.85. The number of rotatable bonds is 32. The van der Waals surface area contributed by atoms with E-state index in [2.05, 4.69) is 66.7 Å². The molecule has 45 heteroatoms. The maximum absolute atomic E-state index is 13.9. The number of anilines is 2. The minimum absolute atomic E-state index is 0.0270. The van der Waals surface area contributed by atoms with Crippen LogP contribution in [0, 0.1) is 11.8 Å². The number of phosphoric ester groups is 1. The van der Waals surface area contributed by atoms with Crippen LogP contribution in [0.15, 0.2) is 117 Å². The maximum Gasteiger partial charge on any atom is 0.490 e. The van der Waals surface area contributed by atoms with E-state index in [0.717, 1.165) is 6.33 Å². The summed E-state index contributed by atoms with van der Waals surface area (Å²) >= 11 is 0. The number of esters is 1. The van der Waals surface area contributed by atoms with Gasteiger partial charge in [0, 0.05) is 80.2 Å². The van der Waals surface area contributed by atoms with Crippen LogP contribution in [0.2, 0.25) is 0 Å². The van der Waals surface area contributed by atoms with Crippen molar-refractivity contribution in [2.45, 2.75) is 118 Å². The minimum Gasteiger partial charge on any atom is -0.491 e. The first-order chi connectivity index (χ1) is 53.6. The molecule has 114 heavy (non-hydrogen) atoms. The summed E-state index contributed by atoms with van der Waals surface area (Å²) in [4.78, 5) is 106.